The summed E-state index contributed by atoms with van der Waals surface area (Å²) in [6.45, 7) is 3.47. The molecule has 0 aliphatic carbocycles. The smallest absolute Gasteiger partial charge is 0.351 e. The fraction of sp³-hybridized carbons (Fsp3) is 0.250. The monoisotopic (exact) mass is 284 g/mol. The third-order valence-corrected chi connectivity index (χ3v) is 2.61. The molecule has 0 atom stereocenters. The molecular formula is C12H13ClN2O4. The molecule has 0 fully saturated rings. The lowest BCUT2D eigenvalue weighted by Gasteiger charge is -2.08. The molecule has 1 N–H and O–H groups in total. The van der Waals surface area contributed by atoms with Gasteiger partial charge in [-0.05, 0) is 19.9 Å². The molecule has 0 heterocycles. The number of carbonyl (C=O) groups is 1. The molecule has 1 aromatic rings. The quantitative estimate of drug-likeness (QED) is 0.389. The molecule has 102 valence electrons. The lowest BCUT2D eigenvalue weighted by molar-refractivity contribution is -0.384. The van der Waals surface area contributed by atoms with Gasteiger partial charge in [0.1, 0.15) is 5.03 Å². The van der Waals surface area contributed by atoms with Crippen molar-refractivity contribution >= 4 is 28.9 Å². The van der Waals surface area contributed by atoms with E-state index in [2.05, 4.69) is 5.32 Å². The first kappa shape index (κ1) is 15.0. The Morgan fingerprint density at radius 2 is 2.21 bits per heavy atom. The summed E-state index contributed by atoms with van der Waals surface area (Å²) < 4.78 is 4.75. The van der Waals surface area contributed by atoms with Gasteiger partial charge in [-0.3, -0.25) is 10.1 Å². The van der Waals surface area contributed by atoms with E-state index in [0.717, 1.165) is 0 Å². The molecule has 0 radical (unpaired) electrons. The van der Waals surface area contributed by atoms with Crippen LogP contribution in [-0.2, 0) is 9.53 Å². The van der Waals surface area contributed by atoms with Gasteiger partial charge >= 0.3 is 5.97 Å². The Balaban J connectivity index is 2.89. The molecule has 0 unspecified atom stereocenters. The van der Waals surface area contributed by atoms with Crippen LogP contribution in [0.15, 0.2) is 35.0 Å². The number of carbonyl (C=O) groups excluding carboxylic acids is 1. The minimum atomic E-state index is -0.639. The molecule has 0 saturated carbocycles. The first-order valence-corrected chi connectivity index (χ1v) is 5.88. The molecule has 1 rings (SSSR count). The Hall–Kier alpha value is -2.08. The number of benzene rings is 1. The summed E-state index contributed by atoms with van der Waals surface area (Å²) in [5.74, 6) is -0.639. The predicted octanol–water partition coefficient (Wildman–Crippen LogP) is 3.04. The fourth-order valence-electron chi connectivity index (χ4n) is 1.32. The van der Waals surface area contributed by atoms with E-state index >= 15 is 0 Å². The van der Waals surface area contributed by atoms with E-state index in [-0.39, 0.29) is 17.3 Å². The van der Waals surface area contributed by atoms with E-state index in [1.54, 1.807) is 19.9 Å². The Morgan fingerprint density at radius 3 is 2.79 bits per heavy atom. The maximum absolute atomic E-state index is 11.4. The van der Waals surface area contributed by atoms with E-state index in [9.17, 15) is 14.9 Å². The van der Waals surface area contributed by atoms with Crippen LogP contribution in [0.25, 0.3) is 0 Å². The standard InChI is InChI=1S/C12H13ClN2O4/c1-3-19-12(16)11(13)8(2)14-9-5-4-6-10(7-9)15(17)18/h4-7,14H,3H2,1-2H3/b11-8+. The highest BCUT2D eigenvalue weighted by molar-refractivity contribution is 6.41. The Kier molecular flexibility index (Phi) is 5.32. The van der Waals surface area contributed by atoms with Crippen molar-refractivity contribution in [2.45, 2.75) is 13.8 Å². The first-order valence-electron chi connectivity index (χ1n) is 5.50. The number of esters is 1. The summed E-state index contributed by atoms with van der Waals surface area (Å²) in [6.07, 6.45) is 0. The molecule has 0 aliphatic heterocycles. The molecule has 19 heavy (non-hydrogen) atoms. The summed E-state index contributed by atoms with van der Waals surface area (Å²) in [6, 6.07) is 5.88. The van der Waals surface area contributed by atoms with Crippen molar-refractivity contribution in [3.63, 3.8) is 0 Å². The van der Waals surface area contributed by atoms with Crippen LogP contribution in [0.1, 0.15) is 13.8 Å². The van der Waals surface area contributed by atoms with Gasteiger partial charge in [0.2, 0.25) is 0 Å². The van der Waals surface area contributed by atoms with Crippen molar-refractivity contribution in [2.75, 3.05) is 11.9 Å². The molecule has 0 bridgehead atoms. The lowest BCUT2D eigenvalue weighted by atomic mass is 10.2. The summed E-state index contributed by atoms with van der Waals surface area (Å²) in [5.41, 5.74) is 0.778. The zero-order valence-corrected chi connectivity index (χ0v) is 11.2. The highest BCUT2D eigenvalue weighted by Gasteiger charge is 2.12. The average molecular weight is 285 g/mol. The maximum atomic E-state index is 11.4. The van der Waals surface area contributed by atoms with E-state index in [4.69, 9.17) is 16.3 Å². The summed E-state index contributed by atoms with van der Waals surface area (Å²) in [7, 11) is 0. The van der Waals surface area contributed by atoms with Crippen LogP contribution in [0.5, 0.6) is 0 Å². The average Bonchev–Trinajstić information content (AvgIpc) is 2.38. The largest absolute Gasteiger partial charge is 0.462 e. The van der Waals surface area contributed by atoms with E-state index in [1.807, 2.05) is 0 Å². The van der Waals surface area contributed by atoms with Crippen LogP contribution < -0.4 is 5.32 Å². The van der Waals surface area contributed by atoms with Gasteiger partial charge in [0.25, 0.3) is 5.69 Å². The molecule has 0 aromatic heterocycles. The van der Waals surface area contributed by atoms with Crippen LogP contribution >= 0.6 is 11.6 Å². The van der Waals surface area contributed by atoms with Gasteiger partial charge in [0.05, 0.1) is 11.5 Å². The summed E-state index contributed by atoms with van der Waals surface area (Å²) >= 11 is 5.82. The number of nitro benzene ring substituents is 1. The van der Waals surface area contributed by atoms with Gasteiger partial charge < -0.3 is 10.1 Å². The first-order chi connectivity index (χ1) is 8.95. The molecule has 0 amide bonds. The van der Waals surface area contributed by atoms with Gasteiger partial charge in [0, 0.05) is 23.5 Å². The SMILES string of the molecule is CCOC(=O)/C(Cl)=C(/C)Nc1cccc([N+](=O)[O-])c1. The summed E-state index contributed by atoms with van der Waals surface area (Å²) in [4.78, 5) is 21.5. The van der Waals surface area contributed by atoms with Crippen molar-refractivity contribution in [1.82, 2.24) is 0 Å². The van der Waals surface area contributed by atoms with E-state index in [0.29, 0.717) is 11.4 Å². The molecule has 0 spiro atoms. The predicted molar refractivity (Wildman–Crippen MR) is 71.9 cm³/mol. The highest BCUT2D eigenvalue weighted by Crippen LogP contribution is 2.20. The van der Waals surface area contributed by atoms with E-state index < -0.39 is 10.9 Å². The number of hydrogen-bond donors (Lipinski definition) is 1. The van der Waals surface area contributed by atoms with Crippen LogP contribution in [0, 0.1) is 10.1 Å². The van der Waals surface area contributed by atoms with Gasteiger partial charge in [-0.15, -0.1) is 0 Å². The van der Waals surface area contributed by atoms with Crippen LogP contribution in [0.3, 0.4) is 0 Å². The fourth-order valence-corrected chi connectivity index (χ4v) is 1.42. The number of nitro groups is 1. The van der Waals surface area contributed by atoms with Gasteiger partial charge in [-0.2, -0.15) is 0 Å². The van der Waals surface area contributed by atoms with Gasteiger partial charge in [-0.25, -0.2) is 4.79 Å². The molecule has 0 aliphatic rings. The van der Waals surface area contributed by atoms with Crippen molar-refractivity contribution in [2.24, 2.45) is 0 Å². The number of hydrogen-bond acceptors (Lipinski definition) is 5. The van der Waals surface area contributed by atoms with Crippen LogP contribution in [0.2, 0.25) is 0 Å². The number of anilines is 1. The van der Waals surface area contributed by atoms with E-state index in [1.165, 1.54) is 18.2 Å². The minimum Gasteiger partial charge on any atom is -0.462 e. The lowest BCUT2D eigenvalue weighted by Crippen LogP contribution is -2.09. The number of nitrogens with one attached hydrogen (secondary N) is 1. The van der Waals surface area contributed by atoms with Crippen molar-refractivity contribution in [1.29, 1.82) is 0 Å². The van der Waals surface area contributed by atoms with Gasteiger partial charge in [-0.1, -0.05) is 17.7 Å². The molecule has 0 saturated heterocycles. The number of non-ortho nitro benzene ring substituents is 1. The topological polar surface area (TPSA) is 81.5 Å². The number of halogens is 1. The number of allylic oxidation sites excluding steroid dienone is 1. The van der Waals surface area contributed by atoms with Crippen molar-refractivity contribution in [3.8, 4) is 0 Å². The second-order valence-electron chi connectivity index (χ2n) is 3.59. The Morgan fingerprint density at radius 1 is 1.53 bits per heavy atom. The maximum Gasteiger partial charge on any atom is 0.351 e. The second-order valence-corrected chi connectivity index (χ2v) is 3.97. The van der Waals surface area contributed by atoms with Crippen molar-refractivity contribution < 1.29 is 14.5 Å². The number of ether oxygens (including phenoxy) is 1. The van der Waals surface area contributed by atoms with Crippen LogP contribution in [-0.4, -0.2) is 17.5 Å². The van der Waals surface area contributed by atoms with Gasteiger partial charge in [0.15, 0.2) is 0 Å². The summed E-state index contributed by atoms with van der Waals surface area (Å²) in [5, 5.41) is 13.4. The molecular weight excluding hydrogens is 272 g/mol. The number of nitrogens with zero attached hydrogens (tertiary/aromatic N) is 1. The van der Waals surface area contributed by atoms with Crippen molar-refractivity contribution in [3.05, 3.63) is 45.1 Å². The zero-order valence-electron chi connectivity index (χ0n) is 10.5. The normalized spacial score (nSPS) is 11.5. The third-order valence-electron chi connectivity index (χ3n) is 2.17. The third kappa shape index (κ3) is 4.26. The minimum absolute atomic E-state index is 0.0509. The van der Waals surface area contributed by atoms with Crippen LogP contribution in [0.4, 0.5) is 11.4 Å². The Labute approximate surface area is 115 Å². The molecule has 6 nitrogen and oxygen atoms in total. The molecule has 1 aromatic carbocycles. The highest BCUT2D eigenvalue weighted by atomic mass is 35.5. The zero-order chi connectivity index (χ0) is 14.4. The number of rotatable bonds is 5. The molecule has 7 heteroatoms. The Bertz CT molecular complexity index is 528. The second kappa shape index (κ2) is 6.75.